The van der Waals surface area contributed by atoms with Crippen LogP contribution in [0.4, 0.5) is 5.00 Å². The Bertz CT molecular complexity index is 352. The minimum absolute atomic E-state index is 0.402. The van der Waals surface area contributed by atoms with Crippen LogP contribution in [-0.4, -0.2) is 46.8 Å². The Balaban J connectivity index is 1.89. The lowest BCUT2D eigenvalue weighted by atomic mass is 10.2. The summed E-state index contributed by atoms with van der Waals surface area (Å²) in [6, 6.07) is 0. The molecule has 0 radical (unpaired) electrons. The van der Waals surface area contributed by atoms with Crippen molar-refractivity contribution in [3.8, 4) is 0 Å². The molecule has 0 aromatic carbocycles. The summed E-state index contributed by atoms with van der Waals surface area (Å²) in [5.74, 6) is 0. The average molecular weight is 270 g/mol. The van der Waals surface area contributed by atoms with Crippen LogP contribution in [0.5, 0.6) is 0 Å². The first-order valence-electron chi connectivity index (χ1n) is 6.72. The number of ether oxygens (including phenoxy) is 1. The number of anilines is 1. The maximum absolute atomic E-state index is 5.69. The molecule has 6 heteroatoms. The van der Waals surface area contributed by atoms with Crippen LogP contribution in [0.15, 0.2) is 0 Å². The van der Waals surface area contributed by atoms with Crippen molar-refractivity contribution < 1.29 is 4.74 Å². The molecule has 1 saturated heterocycles. The van der Waals surface area contributed by atoms with Gasteiger partial charge >= 0.3 is 0 Å². The van der Waals surface area contributed by atoms with Crippen LogP contribution in [0.3, 0.4) is 0 Å². The minimum atomic E-state index is 0.402. The summed E-state index contributed by atoms with van der Waals surface area (Å²) in [5.41, 5.74) is 1.06. The molecule has 1 aliphatic heterocycles. The fourth-order valence-corrected chi connectivity index (χ4v) is 2.84. The van der Waals surface area contributed by atoms with E-state index in [1.165, 1.54) is 24.4 Å². The van der Waals surface area contributed by atoms with Gasteiger partial charge in [-0.15, -0.1) is 5.10 Å². The van der Waals surface area contributed by atoms with Crippen LogP contribution in [-0.2, 0) is 11.3 Å². The van der Waals surface area contributed by atoms with Gasteiger partial charge in [0.05, 0.1) is 6.10 Å². The second-order valence-corrected chi connectivity index (χ2v) is 5.30. The lowest BCUT2D eigenvalue weighted by Gasteiger charge is -2.22. The summed E-state index contributed by atoms with van der Waals surface area (Å²) in [7, 11) is 0. The van der Waals surface area contributed by atoms with Gasteiger partial charge in [0.2, 0.25) is 0 Å². The third-order valence-electron chi connectivity index (χ3n) is 3.20. The van der Waals surface area contributed by atoms with Gasteiger partial charge < -0.3 is 10.1 Å². The molecule has 0 saturated carbocycles. The SMILES string of the molecule is CCNc1snnc1CN(CC)CC1CCCO1. The van der Waals surface area contributed by atoms with Crippen molar-refractivity contribution in [2.75, 3.05) is 31.6 Å². The Morgan fingerprint density at radius 1 is 1.50 bits per heavy atom. The quantitative estimate of drug-likeness (QED) is 0.821. The van der Waals surface area contributed by atoms with Crippen LogP contribution in [0.25, 0.3) is 0 Å². The first-order chi connectivity index (χ1) is 8.83. The van der Waals surface area contributed by atoms with Crippen molar-refractivity contribution in [1.29, 1.82) is 0 Å². The molecule has 1 aliphatic rings. The molecule has 1 aromatic rings. The Morgan fingerprint density at radius 3 is 3.06 bits per heavy atom. The number of likely N-dealkylation sites (N-methyl/N-ethyl adjacent to an activating group) is 1. The van der Waals surface area contributed by atoms with E-state index in [0.717, 1.165) is 43.5 Å². The lowest BCUT2D eigenvalue weighted by Crippen LogP contribution is -2.32. The molecule has 102 valence electrons. The smallest absolute Gasteiger partial charge is 0.134 e. The van der Waals surface area contributed by atoms with E-state index < -0.39 is 0 Å². The van der Waals surface area contributed by atoms with E-state index in [9.17, 15) is 0 Å². The van der Waals surface area contributed by atoms with Gasteiger partial charge in [-0.25, -0.2) is 0 Å². The standard InChI is InChI=1S/C12H22N4OS/c1-3-13-12-11(14-15-18-12)9-16(4-2)8-10-6-5-7-17-10/h10,13H,3-9H2,1-2H3. The van der Waals surface area contributed by atoms with E-state index in [2.05, 4.69) is 33.7 Å². The van der Waals surface area contributed by atoms with E-state index >= 15 is 0 Å². The van der Waals surface area contributed by atoms with Crippen molar-refractivity contribution in [2.45, 2.75) is 39.3 Å². The zero-order valence-electron chi connectivity index (χ0n) is 11.2. The van der Waals surface area contributed by atoms with Gasteiger partial charge in [-0.3, -0.25) is 4.90 Å². The molecule has 2 heterocycles. The highest BCUT2D eigenvalue weighted by Crippen LogP contribution is 2.20. The molecule has 5 nitrogen and oxygen atoms in total. The molecule has 18 heavy (non-hydrogen) atoms. The van der Waals surface area contributed by atoms with Crippen LogP contribution in [0, 0.1) is 0 Å². The molecule has 0 amide bonds. The topological polar surface area (TPSA) is 50.3 Å². The number of nitrogens with zero attached hydrogens (tertiary/aromatic N) is 3. The molecule has 1 N–H and O–H groups in total. The normalized spacial score (nSPS) is 19.6. The van der Waals surface area contributed by atoms with Crippen LogP contribution < -0.4 is 5.32 Å². The molecule has 0 spiro atoms. The van der Waals surface area contributed by atoms with Crippen molar-refractivity contribution >= 4 is 16.5 Å². The lowest BCUT2D eigenvalue weighted by molar-refractivity contribution is 0.0721. The molecule has 0 aliphatic carbocycles. The van der Waals surface area contributed by atoms with E-state index in [0.29, 0.717) is 6.10 Å². The van der Waals surface area contributed by atoms with Gasteiger partial charge in [0, 0.05) is 37.8 Å². The largest absolute Gasteiger partial charge is 0.377 e. The van der Waals surface area contributed by atoms with Gasteiger partial charge in [0.25, 0.3) is 0 Å². The van der Waals surface area contributed by atoms with E-state index in [1.54, 1.807) is 0 Å². The molecule has 2 rings (SSSR count). The fourth-order valence-electron chi connectivity index (χ4n) is 2.20. The van der Waals surface area contributed by atoms with Crippen LogP contribution in [0.2, 0.25) is 0 Å². The predicted octanol–water partition coefficient (Wildman–Crippen LogP) is 1.97. The Morgan fingerprint density at radius 2 is 2.39 bits per heavy atom. The van der Waals surface area contributed by atoms with E-state index in [1.807, 2.05) is 0 Å². The van der Waals surface area contributed by atoms with E-state index in [-0.39, 0.29) is 0 Å². The van der Waals surface area contributed by atoms with Crippen LogP contribution >= 0.6 is 11.5 Å². The van der Waals surface area contributed by atoms with Gasteiger partial charge in [-0.2, -0.15) is 0 Å². The van der Waals surface area contributed by atoms with Gasteiger partial charge in [0.1, 0.15) is 10.7 Å². The summed E-state index contributed by atoms with van der Waals surface area (Å²) in [6.07, 6.45) is 2.79. The minimum Gasteiger partial charge on any atom is -0.377 e. The van der Waals surface area contributed by atoms with Crippen molar-refractivity contribution in [3.63, 3.8) is 0 Å². The monoisotopic (exact) mass is 270 g/mol. The fraction of sp³-hybridized carbons (Fsp3) is 0.833. The third-order valence-corrected chi connectivity index (χ3v) is 3.93. The summed E-state index contributed by atoms with van der Waals surface area (Å²) >= 11 is 1.44. The molecular formula is C12H22N4OS. The van der Waals surface area contributed by atoms with E-state index in [4.69, 9.17) is 4.74 Å². The summed E-state index contributed by atoms with van der Waals surface area (Å²) in [6.45, 7) is 8.98. The Hall–Kier alpha value is -0.720. The molecule has 0 bridgehead atoms. The van der Waals surface area contributed by atoms with Gasteiger partial charge in [-0.1, -0.05) is 11.4 Å². The number of nitrogens with one attached hydrogen (secondary N) is 1. The summed E-state index contributed by atoms with van der Waals surface area (Å²) in [5, 5.41) is 8.64. The Labute approximate surface area is 113 Å². The van der Waals surface area contributed by atoms with Crippen molar-refractivity contribution in [3.05, 3.63) is 5.69 Å². The highest BCUT2D eigenvalue weighted by atomic mass is 32.1. The highest BCUT2D eigenvalue weighted by molar-refractivity contribution is 7.10. The summed E-state index contributed by atoms with van der Waals surface area (Å²) < 4.78 is 9.72. The van der Waals surface area contributed by atoms with Crippen molar-refractivity contribution in [1.82, 2.24) is 14.5 Å². The third kappa shape index (κ3) is 3.63. The Kier molecular flexibility index (Phi) is 5.34. The van der Waals surface area contributed by atoms with Gasteiger partial charge in [0.15, 0.2) is 0 Å². The first kappa shape index (κ1) is 13.7. The first-order valence-corrected chi connectivity index (χ1v) is 7.49. The second-order valence-electron chi connectivity index (χ2n) is 4.54. The molecule has 1 aromatic heterocycles. The average Bonchev–Trinajstić information content (AvgIpc) is 3.01. The van der Waals surface area contributed by atoms with Gasteiger partial charge in [-0.05, 0) is 26.3 Å². The number of hydrogen-bond acceptors (Lipinski definition) is 6. The predicted molar refractivity (Wildman–Crippen MR) is 74.0 cm³/mol. The highest BCUT2D eigenvalue weighted by Gasteiger charge is 2.20. The molecule has 1 unspecified atom stereocenters. The number of rotatable bonds is 7. The second kappa shape index (κ2) is 7.01. The molecule has 1 atom stereocenters. The zero-order chi connectivity index (χ0) is 12.8. The summed E-state index contributed by atoms with van der Waals surface area (Å²) in [4.78, 5) is 2.38. The number of aromatic nitrogens is 2. The number of hydrogen-bond donors (Lipinski definition) is 1. The van der Waals surface area contributed by atoms with Crippen molar-refractivity contribution in [2.24, 2.45) is 0 Å². The molecular weight excluding hydrogens is 248 g/mol. The maximum atomic E-state index is 5.69. The molecule has 1 fully saturated rings. The van der Waals surface area contributed by atoms with Crippen LogP contribution in [0.1, 0.15) is 32.4 Å². The zero-order valence-corrected chi connectivity index (χ0v) is 12.0. The maximum Gasteiger partial charge on any atom is 0.134 e.